The van der Waals surface area contributed by atoms with E-state index >= 15 is 4.39 Å². The summed E-state index contributed by atoms with van der Waals surface area (Å²) in [5, 5.41) is 12.2. The smallest absolute Gasteiger partial charge is 0.303 e. The van der Waals surface area contributed by atoms with E-state index in [4.69, 9.17) is 4.74 Å². The maximum Gasteiger partial charge on any atom is 0.303 e. The number of pyridine rings is 1. The number of hydrogen-bond acceptors (Lipinski definition) is 6. The van der Waals surface area contributed by atoms with Crippen molar-refractivity contribution in [2.24, 2.45) is 11.8 Å². The topological polar surface area (TPSA) is 62.7 Å². The Morgan fingerprint density at radius 3 is 2.97 bits per heavy atom. The quantitative estimate of drug-likeness (QED) is 0.188. The molecule has 0 spiro atoms. The van der Waals surface area contributed by atoms with Gasteiger partial charge >= 0.3 is 5.97 Å². The van der Waals surface area contributed by atoms with E-state index in [0.29, 0.717) is 36.0 Å². The molecule has 1 saturated heterocycles. The van der Waals surface area contributed by atoms with E-state index in [9.17, 15) is 9.90 Å². The molecule has 0 aliphatic carbocycles. The van der Waals surface area contributed by atoms with Gasteiger partial charge in [-0.1, -0.05) is 6.07 Å². The number of carboxylic acids is 1. The number of aliphatic carboxylic acids is 1. The fourth-order valence-corrected chi connectivity index (χ4v) is 7.03. The fourth-order valence-electron chi connectivity index (χ4n) is 5.24. The first kappa shape index (κ1) is 26.9. The molecule has 1 aromatic carbocycles. The van der Waals surface area contributed by atoms with Gasteiger partial charge in [0.15, 0.2) is 0 Å². The molecule has 1 fully saturated rings. The minimum atomic E-state index is -1.09. The number of fused-ring (bicyclic) bond motifs is 1. The van der Waals surface area contributed by atoms with Gasteiger partial charge < -0.3 is 14.7 Å². The molecule has 1 N–H and O–H groups in total. The molecule has 3 heterocycles. The van der Waals surface area contributed by atoms with Crippen LogP contribution >= 0.6 is 23.1 Å². The summed E-state index contributed by atoms with van der Waals surface area (Å²) in [5.41, 5.74) is 1.42. The zero-order chi connectivity index (χ0) is 25.3. The van der Waals surface area contributed by atoms with Gasteiger partial charge in [0, 0.05) is 30.3 Å². The van der Waals surface area contributed by atoms with Crippen molar-refractivity contribution in [3.05, 3.63) is 53.5 Å². The number of carboxylic acid groups (broad SMARTS) is 1. The molecule has 0 radical (unpaired) electrons. The van der Waals surface area contributed by atoms with Gasteiger partial charge in [-0.15, -0.1) is 23.1 Å². The number of methoxy groups -OCH3 is 1. The first-order chi connectivity index (χ1) is 17.5. The van der Waals surface area contributed by atoms with E-state index in [2.05, 4.69) is 27.4 Å². The monoisotopic (exact) mass is 530 g/mol. The predicted octanol–water partition coefficient (Wildman–Crippen LogP) is 7.08. The average molecular weight is 531 g/mol. The first-order valence-corrected chi connectivity index (χ1v) is 14.6. The lowest BCUT2D eigenvalue weighted by Crippen LogP contribution is -2.41. The Balaban J connectivity index is 1.33. The van der Waals surface area contributed by atoms with E-state index in [0.717, 1.165) is 55.6 Å². The van der Waals surface area contributed by atoms with E-state index in [1.54, 1.807) is 30.7 Å². The molecule has 194 valence electrons. The number of thioether (sulfide) groups is 1. The number of ether oxygens (including phenoxy) is 1. The summed E-state index contributed by atoms with van der Waals surface area (Å²) < 4.78 is 22.2. The lowest BCUT2D eigenvalue weighted by Gasteiger charge is -2.39. The van der Waals surface area contributed by atoms with Crippen LogP contribution in [0.1, 0.15) is 50.3 Å². The van der Waals surface area contributed by atoms with Crippen molar-refractivity contribution in [3.63, 3.8) is 0 Å². The van der Waals surface area contributed by atoms with E-state index < -0.39 is 12.1 Å². The second kappa shape index (κ2) is 13.4. The third-order valence-corrected chi connectivity index (χ3v) is 9.39. The molecule has 2 aromatic heterocycles. The van der Waals surface area contributed by atoms with Crippen LogP contribution in [-0.2, 0) is 4.79 Å². The number of aromatic nitrogens is 1. The summed E-state index contributed by atoms with van der Waals surface area (Å²) in [7, 11) is 1.61. The Hall–Kier alpha value is -2.16. The number of benzene rings is 1. The zero-order valence-corrected chi connectivity index (χ0v) is 22.4. The average Bonchev–Trinajstić information content (AvgIpc) is 3.42. The fraction of sp³-hybridized carbons (Fsp3) is 0.500. The number of halogens is 1. The van der Waals surface area contributed by atoms with Crippen molar-refractivity contribution >= 4 is 40.0 Å². The normalized spacial score (nSPS) is 19.4. The van der Waals surface area contributed by atoms with Gasteiger partial charge in [-0.3, -0.25) is 9.78 Å². The van der Waals surface area contributed by atoms with Crippen molar-refractivity contribution in [1.82, 2.24) is 9.88 Å². The maximum atomic E-state index is 15.5. The molecular weight excluding hydrogens is 495 g/mol. The lowest BCUT2D eigenvalue weighted by molar-refractivity contribution is -0.137. The minimum Gasteiger partial charge on any atom is -0.497 e. The van der Waals surface area contributed by atoms with Crippen molar-refractivity contribution in [2.45, 2.75) is 48.9 Å². The number of nitrogens with zero attached hydrogens (tertiary/aromatic N) is 2. The molecule has 3 aromatic rings. The molecule has 5 nitrogen and oxygen atoms in total. The van der Waals surface area contributed by atoms with Gasteiger partial charge in [0.2, 0.25) is 0 Å². The SMILES string of the molecule is COc1ccc2nccc([C@H](F)CC[C@@H]3CCN(CCCSc4cccs4)C[C@H]3CCC(=O)O)c2c1. The first-order valence-electron chi connectivity index (χ1n) is 12.7. The molecule has 36 heavy (non-hydrogen) atoms. The third-order valence-electron chi connectivity index (χ3n) is 7.17. The lowest BCUT2D eigenvalue weighted by atomic mass is 9.79. The Morgan fingerprint density at radius 2 is 2.19 bits per heavy atom. The third kappa shape index (κ3) is 7.43. The number of alkyl halides is 1. The van der Waals surface area contributed by atoms with Crippen LogP contribution in [0.5, 0.6) is 5.75 Å². The Bertz CT molecular complexity index is 1110. The van der Waals surface area contributed by atoms with Gasteiger partial charge in [0.25, 0.3) is 0 Å². The molecule has 1 aliphatic rings. The molecule has 0 unspecified atom stereocenters. The number of carbonyl (C=O) groups is 1. The van der Waals surface area contributed by atoms with Crippen LogP contribution in [-0.4, -0.2) is 53.5 Å². The second-order valence-corrected chi connectivity index (χ2v) is 11.8. The summed E-state index contributed by atoms with van der Waals surface area (Å²) in [6.45, 7) is 2.95. The van der Waals surface area contributed by atoms with Crippen molar-refractivity contribution in [2.75, 3.05) is 32.5 Å². The largest absolute Gasteiger partial charge is 0.497 e. The molecule has 8 heteroatoms. The molecule has 3 atom stereocenters. The summed E-state index contributed by atoms with van der Waals surface area (Å²) in [4.78, 5) is 18.1. The van der Waals surface area contributed by atoms with E-state index in [1.165, 1.54) is 4.21 Å². The summed E-state index contributed by atoms with van der Waals surface area (Å²) >= 11 is 3.68. The van der Waals surface area contributed by atoms with Crippen LogP contribution in [0, 0.1) is 11.8 Å². The standard InChI is InChI=1S/C28H35FN2O3S2/c1-34-22-7-9-26-24(18-22)23(11-13-30-26)25(29)8-5-20-12-15-31(19-21(20)6-10-27(32)33)14-3-17-36-28-4-2-16-35-28/h2,4,7,9,11,13,16,18,20-21,25H,3,5-6,8,10,12,14-15,17,19H2,1H3,(H,32,33)/t20-,21-,25-/m1/s1. The molecule has 0 saturated carbocycles. The summed E-state index contributed by atoms with van der Waals surface area (Å²) in [6.07, 6.45) is 4.73. The molecule has 1 aliphatic heterocycles. The van der Waals surface area contributed by atoms with Gasteiger partial charge in [-0.05, 0) is 98.3 Å². The Morgan fingerprint density at radius 1 is 1.31 bits per heavy atom. The predicted molar refractivity (Wildman–Crippen MR) is 146 cm³/mol. The highest BCUT2D eigenvalue weighted by Gasteiger charge is 2.30. The van der Waals surface area contributed by atoms with Crippen LogP contribution in [0.2, 0.25) is 0 Å². The minimum absolute atomic E-state index is 0.178. The Labute approximate surface area is 221 Å². The van der Waals surface area contributed by atoms with Crippen LogP contribution in [0.4, 0.5) is 4.39 Å². The highest BCUT2D eigenvalue weighted by Crippen LogP contribution is 2.36. The molecular formula is C28H35FN2O3S2. The zero-order valence-electron chi connectivity index (χ0n) is 20.8. The summed E-state index contributed by atoms with van der Waals surface area (Å²) in [6, 6.07) is 11.6. The van der Waals surface area contributed by atoms with E-state index in [1.807, 2.05) is 30.0 Å². The van der Waals surface area contributed by atoms with Crippen LogP contribution in [0.15, 0.2) is 52.2 Å². The van der Waals surface area contributed by atoms with Crippen LogP contribution in [0.3, 0.4) is 0 Å². The number of thiophene rings is 1. The number of hydrogen-bond donors (Lipinski definition) is 1. The molecule has 0 bridgehead atoms. The highest BCUT2D eigenvalue weighted by atomic mass is 32.2. The Kier molecular flexibility index (Phi) is 10.0. The second-order valence-electron chi connectivity index (χ2n) is 9.50. The molecule has 0 amide bonds. The van der Waals surface area contributed by atoms with Gasteiger partial charge in [-0.25, -0.2) is 4.39 Å². The molecule has 4 rings (SSSR count). The number of piperidine rings is 1. The van der Waals surface area contributed by atoms with Crippen molar-refractivity contribution < 1.29 is 19.0 Å². The van der Waals surface area contributed by atoms with Gasteiger partial charge in [-0.2, -0.15) is 0 Å². The summed E-state index contributed by atoms with van der Waals surface area (Å²) in [5.74, 6) is 1.68. The van der Waals surface area contributed by atoms with Crippen LogP contribution in [0.25, 0.3) is 10.9 Å². The van der Waals surface area contributed by atoms with Crippen LogP contribution < -0.4 is 4.74 Å². The van der Waals surface area contributed by atoms with Gasteiger partial charge in [0.1, 0.15) is 11.9 Å². The maximum absolute atomic E-state index is 15.5. The van der Waals surface area contributed by atoms with Crippen molar-refractivity contribution in [3.8, 4) is 5.75 Å². The van der Waals surface area contributed by atoms with Gasteiger partial charge in [0.05, 0.1) is 16.8 Å². The number of likely N-dealkylation sites (tertiary alicyclic amines) is 1. The van der Waals surface area contributed by atoms with Crippen molar-refractivity contribution in [1.29, 1.82) is 0 Å². The number of rotatable bonds is 13. The van der Waals surface area contributed by atoms with E-state index in [-0.39, 0.29) is 6.42 Å². The highest BCUT2D eigenvalue weighted by molar-refractivity contribution is 8.01.